The molecule has 7 heteroatoms. The minimum absolute atomic E-state index is 0.0117. The van der Waals surface area contributed by atoms with Gasteiger partial charge in [0.25, 0.3) is 0 Å². The molecule has 0 radical (unpaired) electrons. The number of amides is 1. The number of H-pyrrole nitrogens is 1. The van der Waals surface area contributed by atoms with Crippen molar-refractivity contribution >= 4 is 11.7 Å². The zero-order valence-corrected chi connectivity index (χ0v) is 17.9. The number of aromatic nitrogens is 2. The summed E-state index contributed by atoms with van der Waals surface area (Å²) >= 11 is 0. The van der Waals surface area contributed by atoms with Gasteiger partial charge in [-0.25, -0.2) is 4.39 Å². The second kappa shape index (κ2) is 10.2. The summed E-state index contributed by atoms with van der Waals surface area (Å²) in [5.74, 6) is 6.28. The SMILES string of the molecule is CC(=O)Nc1n[nH]c(CC(c2ccc(F)cc2)N2CCOCC2)c1C#Cc1ccccc1. The van der Waals surface area contributed by atoms with E-state index in [-0.39, 0.29) is 17.8 Å². The van der Waals surface area contributed by atoms with E-state index in [0.717, 1.165) is 29.9 Å². The number of nitrogens with one attached hydrogen (secondary N) is 2. The smallest absolute Gasteiger partial charge is 0.222 e. The number of carbonyl (C=O) groups excluding carboxylic acids is 1. The zero-order valence-electron chi connectivity index (χ0n) is 17.9. The Morgan fingerprint density at radius 1 is 1.16 bits per heavy atom. The standard InChI is InChI=1S/C25H25FN4O2/c1-18(31)27-25-22(12-7-19-5-3-2-4-6-19)23(28-29-25)17-24(30-13-15-32-16-14-30)20-8-10-21(26)11-9-20/h2-6,8-11,24H,13-17H2,1H3,(H2,27,28,29,31). The highest BCUT2D eigenvalue weighted by Crippen LogP contribution is 2.28. The van der Waals surface area contributed by atoms with Gasteiger partial charge in [0.15, 0.2) is 5.82 Å². The normalized spacial score (nSPS) is 14.9. The Hall–Kier alpha value is -3.47. The number of anilines is 1. The van der Waals surface area contributed by atoms with Crippen molar-refractivity contribution in [1.29, 1.82) is 0 Å². The fourth-order valence-electron chi connectivity index (χ4n) is 3.80. The molecule has 32 heavy (non-hydrogen) atoms. The lowest BCUT2D eigenvalue weighted by Crippen LogP contribution is -2.40. The Balaban J connectivity index is 1.69. The maximum absolute atomic E-state index is 13.6. The number of hydrogen-bond donors (Lipinski definition) is 2. The molecule has 6 nitrogen and oxygen atoms in total. The van der Waals surface area contributed by atoms with Crippen LogP contribution in [0.3, 0.4) is 0 Å². The average Bonchev–Trinajstić information content (AvgIpc) is 3.18. The van der Waals surface area contributed by atoms with Gasteiger partial charge < -0.3 is 10.1 Å². The number of carbonyl (C=O) groups is 1. The second-order valence-electron chi connectivity index (χ2n) is 7.64. The molecule has 0 bridgehead atoms. The zero-order chi connectivity index (χ0) is 22.3. The minimum Gasteiger partial charge on any atom is -0.379 e. The summed E-state index contributed by atoms with van der Waals surface area (Å²) in [6, 6.07) is 16.2. The quantitative estimate of drug-likeness (QED) is 0.606. The summed E-state index contributed by atoms with van der Waals surface area (Å²) in [6.45, 7) is 4.30. The monoisotopic (exact) mass is 432 g/mol. The molecule has 1 unspecified atom stereocenters. The van der Waals surface area contributed by atoms with Gasteiger partial charge in [-0.05, 0) is 29.8 Å². The van der Waals surface area contributed by atoms with E-state index < -0.39 is 0 Å². The van der Waals surface area contributed by atoms with Crippen LogP contribution in [0.2, 0.25) is 0 Å². The molecule has 1 atom stereocenters. The number of rotatable bonds is 5. The van der Waals surface area contributed by atoms with E-state index in [0.29, 0.717) is 31.0 Å². The minimum atomic E-state index is -0.265. The second-order valence-corrected chi connectivity index (χ2v) is 7.64. The van der Waals surface area contributed by atoms with E-state index in [1.54, 1.807) is 0 Å². The molecule has 2 N–H and O–H groups in total. The van der Waals surface area contributed by atoms with E-state index in [1.165, 1.54) is 19.1 Å². The molecule has 2 aromatic carbocycles. The first-order valence-electron chi connectivity index (χ1n) is 10.6. The van der Waals surface area contributed by atoms with E-state index in [2.05, 4.69) is 32.3 Å². The Bertz CT molecular complexity index is 1110. The molecule has 164 valence electrons. The Kier molecular flexibility index (Phi) is 6.95. The van der Waals surface area contributed by atoms with Crippen LogP contribution >= 0.6 is 0 Å². The van der Waals surface area contributed by atoms with Crippen LogP contribution < -0.4 is 5.32 Å². The summed E-state index contributed by atoms with van der Waals surface area (Å²) < 4.78 is 19.1. The van der Waals surface area contributed by atoms with Gasteiger partial charge in [-0.1, -0.05) is 42.2 Å². The van der Waals surface area contributed by atoms with Crippen molar-refractivity contribution in [3.8, 4) is 11.8 Å². The van der Waals surface area contributed by atoms with Crippen LogP contribution in [0, 0.1) is 17.7 Å². The van der Waals surface area contributed by atoms with Crippen LogP contribution in [0.25, 0.3) is 0 Å². The lowest BCUT2D eigenvalue weighted by atomic mass is 9.98. The van der Waals surface area contributed by atoms with Crippen molar-refractivity contribution in [3.05, 3.63) is 82.8 Å². The summed E-state index contributed by atoms with van der Waals surface area (Å²) in [5.41, 5.74) is 3.35. The number of hydrogen-bond acceptors (Lipinski definition) is 4. The summed E-state index contributed by atoms with van der Waals surface area (Å²) in [5, 5.41) is 10.1. The maximum atomic E-state index is 13.6. The molecule has 3 aromatic rings. The van der Waals surface area contributed by atoms with Crippen LogP contribution in [0.15, 0.2) is 54.6 Å². The van der Waals surface area contributed by atoms with Crippen LogP contribution in [0.5, 0.6) is 0 Å². The molecule has 0 saturated carbocycles. The van der Waals surface area contributed by atoms with Gasteiger partial charge in [0.05, 0.1) is 24.5 Å². The van der Waals surface area contributed by atoms with E-state index >= 15 is 0 Å². The molecule has 0 aliphatic carbocycles. The van der Waals surface area contributed by atoms with Crippen molar-refractivity contribution < 1.29 is 13.9 Å². The topological polar surface area (TPSA) is 70.2 Å². The van der Waals surface area contributed by atoms with Gasteiger partial charge >= 0.3 is 0 Å². The van der Waals surface area contributed by atoms with Crippen molar-refractivity contribution in [3.63, 3.8) is 0 Å². The number of ether oxygens (including phenoxy) is 1. The number of nitrogens with zero attached hydrogens (tertiary/aromatic N) is 2. The van der Waals surface area contributed by atoms with E-state index in [9.17, 15) is 9.18 Å². The van der Waals surface area contributed by atoms with Crippen LogP contribution in [-0.2, 0) is 16.0 Å². The number of morpholine rings is 1. The van der Waals surface area contributed by atoms with Crippen molar-refractivity contribution in [2.24, 2.45) is 0 Å². The van der Waals surface area contributed by atoms with Crippen molar-refractivity contribution in [2.45, 2.75) is 19.4 Å². The summed E-state index contributed by atoms with van der Waals surface area (Å²) in [7, 11) is 0. The van der Waals surface area contributed by atoms with Crippen LogP contribution in [0.1, 0.15) is 35.3 Å². The molecule has 1 fully saturated rings. The Labute approximate surface area is 186 Å². The van der Waals surface area contributed by atoms with Crippen LogP contribution in [0.4, 0.5) is 10.2 Å². The number of benzene rings is 2. The highest BCUT2D eigenvalue weighted by Gasteiger charge is 2.25. The molecule has 1 aliphatic rings. The maximum Gasteiger partial charge on any atom is 0.222 e. The number of halogens is 1. The molecule has 1 amide bonds. The third-order valence-corrected chi connectivity index (χ3v) is 5.38. The highest BCUT2D eigenvalue weighted by molar-refractivity contribution is 5.89. The average molecular weight is 432 g/mol. The molecule has 1 saturated heterocycles. The lowest BCUT2D eigenvalue weighted by molar-refractivity contribution is -0.114. The fraction of sp³-hybridized carbons (Fsp3) is 0.280. The fourth-order valence-corrected chi connectivity index (χ4v) is 3.80. The first-order chi connectivity index (χ1) is 15.6. The summed E-state index contributed by atoms with van der Waals surface area (Å²) in [4.78, 5) is 14.0. The van der Waals surface area contributed by atoms with Gasteiger partial charge in [-0.15, -0.1) is 0 Å². The molecule has 4 rings (SSSR count). The molecule has 2 heterocycles. The summed E-state index contributed by atoms with van der Waals surface area (Å²) in [6.07, 6.45) is 0.580. The van der Waals surface area contributed by atoms with Crippen molar-refractivity contribution in [2.75, 3.05) is 31.6 Å². The van der Waals surface area contributed by atoms with Crippen LogP contribution in [-0.4, -0.2) is 47.3 Å². The van der Waals surface area contributed by atoms with Gasteiger partial charge in [0, 0.05) is 38.0 Å². The molecular formula is C25H25FN4O2. The van der Waals surface area contributed by atoms with Gasteiger partial charge in [0.1, 0.15) is 5.82 Å². The number of aromatic amines is 1. The van der Waals surface area contributed by atoms with Gasteiger partial charge in [-0.3, -0.25) is 14.8 Å². The Morgan fingerprint density at radius 2 is 1.88 bits per heavy atom. The third-order valence-electron chi connectivity index (χ3n) is 5.38. The third kappa shape index (κ3) is 5.41. The lowest BCUT2D eigenvalue weighted by Gasteiger charge is -2.34. The largest absolute Gasteiger partial charge is 0.379 e. The van der Waals surface area contributed by atoms with Gasteiger partial charge in [-0.2, -0.15) is 5.10 Å². The van der Waals surface area contributed by atoms with Gasteiger partial charge in [0.2, 0.25) is 5.91 Å². The van der Waals surface area contributed by atoms with Crippen molar-refractivity contribution in [1.82, 2.24) is 15.1 Å². The van der Waals surface area contributed by atoms with E-state index in [4.69, 9.17) is 4.74 Å². The predicted molar refractivity (Wildman–Crippen MR) is 121 cm³/mol. The molecule has 1 aliphatic heterocycles. The molecule has 1 aromatic heterocycles. The first-order valence-corrected chi connectivity index (χ1v) is 10.6. The Morgan fingerprint density at radius 3 is 2.56 bits per heavy atom. The predicted octanol–water partition coefficient (Wildman–Crippen LogP) is 3.52. The first kappa shape index (κ1) is 21.8. The highest BCUT2D eigenvalue weighted by atomic mass is 19.1. The van der Waals surface area contributed by atoms with E-state index in [1.807, 2.05) is 42.5 Å². The molecule has 0 spiro atoms. The molecular weight excluding hydrogens is 407 g/mol.